The van der Waals surface area contributed by atoms with Gasteiger partial charge >= 0.3 is 0 Å². The molecule has 0 bridgehead atoms. The van der Waals surface area contributed by atoms with Gasteiger partial charge in [0.05, 0.1) is 11.4 Å². The molecule has 4 aromatic rings. The standard InChI is InChI=1S/C35H32N2/c1-25-17-19-30(20-18-25)34-32(28-13-7-3-8-14-28)33(29-15-9-4-10-16-29)36-35(37-34)31-23-21-27(22-24-31)26-11-5-2-6-12-26/h2-9,11-14,17-21,23-24,27,29H,10,15-16,22H2,1H3. The summed E-state index contributed by atoms with van der Waals surface area (Å²) < 4.78 is 0. The lowest BCUT2D eigenvalue weighted by Crippen LogP contribution is -2.11. The maximum atomic E-state index is 5.33. The summed E-state index contributed by atoms with van der Waals surface area (Å²) in [5.74, 6) is 1.62. The van der Waals surface area contributed by atoms with Crippen molar-refractivity contribution < 1.29 is 0 Å². The van der Waals surface area contributed by atoms with Crippen molar-refractivity contribution in [1.29, 1.82) is 0 Å². The summed E-state index contributed by atoms with van der Waals surface area (Å²) in [4.78, 5) is 10.6. The Kier molecular flexibility index (Phi) is 6.64. The van der Waals surface area contributed by atoms with Crippen LogP contribution in [0, 0.1) is 6.92 Å². The van der Waals surface area contributed by atoms with Crippen LogP contribution in [0.2, 0.25) is 0 Å². The van der Waals surface area contributed by atoms with Crippen LogP contribution in [0.3, 0.4) is 0 Å². The zero-order chi connectivity index (χ0) is 25.0. The fourth-order valence-corrected chi connectivity index (χ4v) is 5.49. The summed E-state index contributed by atoms with van der Waals surface area (Å²) in [6.07, 6.45) is 15.7. The van der Waals surface area contributed by atoms with Gasteiger partial charge in [0.25, 0.3) is 0 Å². The van der Waals surface area contributed by atoms with Gasteiger partial charge in [-0.05, 0) is 43.7 Å². The van der Waals surface area contributed by atoms with E-state index in [1.165, 1.54) is 27.9 Å². The summed E-state index contributed by atoms with van der Waals surface area (Å²) in [5, 5.41) is 0. The molecule has 0 N–H and O–H groups in total. The van der Waals surface area contributed by atoms with Gasteiger partial charge in [-0.15, -0.1) is 0 Å². The normalized spacial score (nSPS) is 19.0. The van der Waals surface area contributed by atoms with Crippen molar-refractivity contribution in [2.75, 3.05) is 0 Å². The van der Waals surface area contributed by atoms with Crippen LogP contribution < -0.4 is 0 Å². The zero-order valence-electron chi connectivity index (χ0n) is 21.3. The second-order valence-electron chi connectivity index (χ2n) is 10.1. The summed E-state index contributed by atoms with van der Waals surface area (Å²) in [5.41, 5.74) is 9.43. The fraction of sp³-hybridized carbons (Fsp3) is 0.200. The molecule has 1 heterocycles. The first-order chi connectivity index (χ1) is 18.3. The summed E-state index contributed by atoms with van der Waals surface area (Å²) >= 11 is 0. The lowest BCUT2D eigenvalue weighted by Gasteiger charge is -2.24. The van der Waals surface area contributed by atoms with Gasteiger partial charge in [-0.1, -0.05) is 121 Å². The van der Waals surface area contributed by atoms with Crippen LogP contribution in [0.4, 0.5) is 0 Å². The molecule has 182 valence electrons. The molecule has 0 saturated carbocycles. The molecule has 2 nitrogen and oxygen atoms in total. The van der Waals surface area contributed by atoms with E-state index in [0.29, 0.717) is 11.8 Å². The van der Waals surface area contributed by atoms with E-state index in [-0.39, 0.29) is 0 Å². The highest BCUT2D eigenvalue weighted by atomic mass is 14.9. The van der Waals surface area contributed by atoms with E-state index in [9.17, 15) is 0 Å². The minimum Gasteiger partial charge on any atom is -0.232 e. The number of hydrogen-bond acceptors (Lipinski definition) is 2. The first-order valence-electron chi connectivity index (χ1n) is 13.4. The Labute approximate surface area is 220 Å². The van der Waals surface area contributed by atoms with Gasteiger partial charge in [-0.25, -0.2) is 9.97 Å². The number of benzene rings is 3. The van der Waals surface area contributed by atoms with E-state index < -0.39 is 0 Å². The van der Waals surface area contributed by atoms with Crippen LogP contribution in [-0.2, 0) is 0 Å². The Morgan fingerprint density at radius 2 is 1.49 bits per heavy atom. The van der Waals surface area contributed by atoms with E-state index in [1.807, 2.05) is 0 Å². The third kappa shape index (κ3) is 4.97. The van der Waals surface area contributed by atoms with Crippen molar-refractivity contribution in [3.63, 3.8) is 0 Å². The van der Waals surface area contributed by atoms with Crippen molar-refractivity contribution in [2.45, 2.75) is 44.4 Å². The van der Waals surface area contributed by atoms with Crippen LogP contribution in [0.1, 0.15) is 60.2 Å². The van der Waals surface area contributed by atoms with Crippen LogP contribution in [0.25, 0.3) is 28.0 Å². The molecule has 2 aliphatic carbocycles. The van der Waals surface area contributed by atoms with Crippen LogP contribution in [0.5, 0.6) is 0 Å². The highest BCUT2D eigenvalue weighted by Crippen LogP contribution is 2.41. The fourth-order valence-electron chi connectivity index (χ4n) is 5.49. The third-order valence-electron chi connectivity index (χ3n) is 7.57. The first kappa shape index (κ1) is 23.4. The van der Waals surface area contributed by atoms with Gasteiger partial charge < -0.3 is 0 Å². The molecule has 0 saturated heterocycles. The summed E-state index contributed by atoms with van der Waals surface area (Å²) in [7, 11) is 0. The molecule has 3 aromatic carbocycles. The van der Waals surface area contributed by atoms with Crippen LogP contribution in [-0.4, -0.2) is 9.97 Å². The van der Waals surface area contributed by atoms with Gasteiger partial charge in [0.1, 0.15) is 0 Å². The summed E-state index contributed by atoms with van der Waals surface area (Å²) in [6, 6.07) is 30.2. The number of allylic oxidation sites excluding steroid dienone is 6. The molecule has 0 spiro atoms. The van der Waals surface area contributed by atoms with E-state index in [4.69, 9.17) is 9.97 Å². The third-order valence-corrected chi connectivity index (χ3v) is 7.57. The predicted octanol–water partition coefficient (Wildman–Crippen LogP) is 9.07. The van der Waals surface area contributed by atoms with Gasteiger partial charge in [0.15, 0.2) is 5.82 Å². The predicted molar refractivity (Wildman–Crippen MR) is 154 cm³/mol. The number of aromatic nitrogens is 2. The molecule has 2 atom stereocenters. The quantitative estimate of drug-likeness (QED) is 0.266. The average Bonchev–Trinajstić information content (AvgIpc) is 2.98. The second-order valence-corrected chi connectivity index (χ2v) is 10.1. The van der Waals surface area contributed by atoms with Crippen molar-refractivity contribution in [3.05, 3.63) is 138 Å². The molecular weight excluding hydrogens is 448 g/mol. The Morgan fingerprint density at radius 1 is 0.730 bits per heavy atom. The van der Waals surface area contributed by atoms with E-state index in [1.54, 1.807) is 0 Å². The highest BCUT2D eigenvalue weighted by Gasteiger charge is 2.25. The van der Waals surface area contributed by atoms with Crippen molar-refractivity contribution in [1.82, 2.24) is 9.97 Å². The van der Waals surface area contributed by atoms with E-state index >= 15 is 0 Å². The Bertz CT molecular complexity index is 1460. The van der Waals surface area contributed by atoms with E-state index in [0.717, 1.165) is 48.3 Å². The number of aryl methyl sites for hydroxylation is 1. The topological polar surface area (TPSA) is 25.8 Å². The zero-order valence-corrected chi connectivity index (χ0v) is 21.3. The lowest BCUT2D eigenvalue weighted by molar-refractivity contribution is 0.600. The monoisotopic (exact) mass is 480 g/mol. The molecule has 2 aliphatic rings. The maximum Gasteiger partial charge on any atom is 0.159 e. The molecule has 6 rings (SSSR count). The first-order valence-corrected chi connectivity index (χ1v) is 13.4. The molecule has 0 amide bonds. The largest absolute Gasteiger partial charge is 0.232 e. The lowest BCUT2D eigenvalue weighted by atomic mass is 9.85. The molecule has 0 radical (unpaired) electrons. The smallest absolute Gasteiger partial charge is 0.159 e. The minimum absolute atomic E-state index is 0.386. The Balaban J connectivity index is 1.50. The van der Waals surface area contributed by atoms with Gasteiger partial charge in [0.2, 0.25) is 0 Å². The molecule has 37 heavy (non-hydrogen) atoms. The average molecular weight is 481 g/mol. The van der Waals surface area contributed by atoms with Crippen molar-refractivity contribution in [3.8, 4) is 22.4 Å². The molecule has 0 aliphatic heterocycles. The Morgan fingerprint density at radius 3 is 2.16 bits per heavy atom. The minimum atomic E-state index is 0.386. The SMILES string of the molecule is Cc1ccc(-c2nc(C3=CCC(c4ccccc4)C=C3)nc(C3CC=CCC3)c2-c2ccccc2)cc1. The molecule has 2 heteroatoms. The Hall–Kier alpha value is -4.04. The molecular formula is C35H32N2. The number of nitrogens with zero attached hydrogens (tertiary/aromatic N) is 2. The number of rotatable bonds is 5. The van der Waals surface area contributed by atoms with Gasteiger partial charge in [-0.2, -0.15) is 0 Å². The molecule has 0 fully saturated rings. The van der Waals surface area contributed by atoms with Crippen molar-refractivity contribution in [2.24, 2.45) is 0 Å². The van der Waals surface area contributed by atoms with Crippen LogP contribution in [0.15, 0.2) is 115 Å². The molecule has 2 unspecified atom stereocenters. The van der Waals surface area contributed by atoms with E-state index in [2.05, 4.69) is 122 Å². The molecule has 1 aromatic heterocycles. The second kappa shape index (κ2) is 10.5. The highest BCUT2D eigenvalue weighted by molar-refractivity contribution is 5.85. The maximum absolute atomic E-state index is 5.33. The van der Waals surface area contributed by atoms with Crippen LogP contribution >= 0.6 is 0 Å². The van der Waals surface area contributed by atoms with Gasteiger partial charge in [-0.3, -0.25) is 0 Å². The van der Waals surface area contributed by atoms with Gasteiger partial charge in [0, 0.05) is 28.5 Å². The number of hydrogen-bond donors (Lipinski definition) is 0. The summed E-state index contributed by atoms with van der Waals surface area (Å²) in [6.45, 7) is 2.13. The van der Waals surface area contributed by atoms with Crippen molar-refractivity contribution >= 4 is 5.57 Å².